The summed E-state index contributed by atoms with van der Waals surface area (Å²) in [7, 11) is 0. The fraction of sp³-hybridized carbons (Fsp3) is 0.500. The van der Waals surface area contributed by atoms with E-state index >= 15 is 0 Å². The van der Waals surface area contributed by atoms with E-state index in [1.807, 2.05) is 13.0 Å². The molecule has 0 aliphatic carbocycles. The van der Waals surface area contributed by atoms with Crippen LogP contribution < -0.4 is 0 Å². The van der Waals surface area contributed by atoms with Crippen molar-refractivity contribution in [1.29, 1.82) is 0 Å². The molecule has 3 heteroatoms. The van der Waals surface area contributed by atoms with Crippen molar-refractivity contribution in [2.24, 2.45) is 0 Å². The molecule has 1 aromatic rings. The summed E-state index contributed by atoms with van der Waals surface area (Å²) in [4.78, 5) is 4.18. The first-order chi connectivity index (χ1) is 6.15. The average molecular weight is 200 g/mol. The molecule has 0 fully saturated rings. The minimum Gasteiger partial charge on any atom is -0.393 e. The van der Waals surface area contributed by atoms with Crippen molar-refractivity contribution in [3.63, 3.8) is 0 Å². The fourth-order valence-corrected chi connectivity index (χ4v) is 1.52. The van der Waals surface area contributed by atoms with Crippen LogP contribution in [0.2, 0.25) is 5.02 Å². The Hall–Kier alpha value is -0.600. The van der Waals surface area contributed by atoms with Gasteiger partial charge in [-0.25, -0.2) is 0 Å². The molecule has 2 unspecified atom stereocenters. The summed E-state index contributed by atoms with van der Waals surface area (Å²) in [5, 5.41) is 10.1. The van der Waals surface area contributed by atoms with E-state index in [2.05, 4.69) is 4.98 Å². The van der Waals surface area contributed by atoms with E-state index in [1.165, 1.54) is 0 Å². The Kier molecular flexibility index (Phi) is 3.70. The van der Waals surface area contributed by atoms with Crippen LogP contribution in [-0.4, -0.2) is 16.2 Å². The molecule has 1 N–H and O–H groups in total. The molecule has 0 amide bonds. The summed E-state index contributed by atoms with van der Waals surface area (Å²) >= 11 is 5.71. The van der Waals surface area contributed by atoms with Crippen LogP contribution in [0.3, 0.4) is 0 Å². The summed E-state index contributed by atoms with van der Waals surface area (Å²) in [5.41, 5.74) is 0.905. The molecule has 1 heterocycles. The molecule has 0 spiro atoms. The van der Waals surface area contributed by atoms with E-state index in [-0.39, 0.29) is 12.0 Å². The number of aromatic nitrogens is 1. The molecule has 0 bridgehead atoms. The van der Waals surface area contributed by atoms with E-state index in [4.69, 9.17) is 11.6 Å². The lowest BCUT2D eigenvalue weighted by molar-refractivity contribution is 0.158. The second-order valence-corrected chi connectivity index (χ2v) is 3.59. The highest BCUT2D eigenvalue weighted by molar-refractivity contribution is 6.30. The van der Waals surface area contributed by atoms with Gasteiger partial charge in [0, 0.05) is 17.8 Å². The van der Waals surface area contributed by atoms with Gasteiger partial charge in [-0.2, -0.15) is 0 Å². The van der Waals surface area contributed by atoms with E-state index in [0.717, 1.165) is 12.1 Å². The minimum absolute atomic E-state index is 0.109. The predicted molar refractivity (Wildman–Crippen MR) is 54.0 cm³/mol. The number of rotatable bonds is 3. The van der Waals surface area contributed by atoms with Crippen LogP contribution in [0.4, 0.5) is 0 Å². The van der Waals surface area contributed by atoms with Gasteiger partial charge in [-0.15, -0.1) is 0 Å². The van der Waals surface area contributed by atoms with Crippen LogP contribution >= 0.6 is 11.6 Å². The van der Waals surface area contributed by atoms with Gasteiger partial charge >= 0.3 is 0 Å². The van der Waals surface area contributed by atoms with Gasteiger partial charge in [0.25, 0.3) is 0 Å². The lowest BCUT2D eigenvalue weighted by Crippen LogP contribution is -2.14. The molecule has 0 aliphatic rings. The molecule has 2 atom stereocenters. The number of pyridine rings is 1. The SMILES string of the molecule is CCC(c1ccc(Cl)cn1)C(C)O. The Labute approximate surface area is 83.6 Å². The molecule has 72 valence electrons. The maximum atomic E-state index is 9.46. The first-order valence-corrected chi connectivity index (χ1v) is 4.82. The Balaban J connectivity index is 2.86. The zero-order valence-electron chi connectivity index (χ0n) is 7.87. The minimum atomic E-state index is -0.362. The lowest BCUT2D eigenvalue weighted by atomic mass is 9.96. The molecule has 1 aromatic heterocycles. The summed E-state index contributed by atoms with van der Waals surface area (Å²) in [6.45, 7) is 3.82. The number of halogens is 1. The normalized spacial score (nSPS) is 15.4. The summed E-state index contributed by atoms with van der Waals surface area (Å²) < 4.78 is 0. The topological polar surface area (TPSA) is 33.1 Å². The Morgan fingerprint density at radius 2 is 2.23 bits per heavy atom. The van der Waals surface area contributed by atoms with Crippen LogP contribution in [0.15, 0.2) is 18.3 Å². The third-order valence-corrected chi connectivity index (χ3v) is 2.38. The van der Waals surface area contributed by atoms with E-state index < -0.39 is 0 Å². The van der Waals surface area contributed by atoms with Gasteiger partial charge in [0.2, 0.25) is 0 Å². The Bertz CT molecular complexity index is 258. The molecule has 0 saturated carbocycles. The quantitative estimate of drug-likeness (QED) is 0.812. The van der Waals surface area contributed by atoms with Crippen molar-refractivity contribution in [3.05, 3.63) is 29.0 Å². The molecule has 0 radical (unpaired) electrons. The first kappa shape index (κ1) is 10.5. The molecule has 0 saturated heterocycles. The van der Waals surface area contributed by atoms with Crippen molar-refractivity contribution in [1.82, 2.24) is 4.98 Å². The van der Waals surface area contributed by atoms with Gasteiger partial charge < -0.3 is 5.11 Å². The standard InChI is InChI=1S/C10H14ClNO/c1-3-9(7(2)13)10-5-4-8(11)6-12-10/h4-7,9,13H,3H2,1-2H3. The zero-order valence-corrected chi connectivity index (χ0v) is 8.62. The largest absolute Gasteiger partial charge is 0.393 e. The Morgan fingerprint density at radius 1 is 1.54 bits per heavy atom. The highest BCUT2D eigenvalue weighted by atomic mass is 35.5. The fourth-order valence-electron chi connectivity index (χ4n) is 1.40. The number of aliphatic hydroxyl groups is 1. The van der Waals surface area contributed by atoms with Crippen LogP contribution in [-0.2, 0) is 0 Å². The van der Waals surface area contributed by atoms with Crippen LogP contribution in [0.5, 0.6) is 0 Å². The molecule has 1 rings (SSSR count). The monoisotopic (exact) mass is 199 g/mol. The van der Waals surface area contributed by atoms with Gasteiger partial charge in [0.05, 0.1) is 11.1 Å². The predicted octanol–water partition coefficient (Wildman–Crippen LogP) is 2.61. The average Bonchev–Trinajstić information content (AvgIpc) is 2.09. The highest BCUT2D eigenvalue weighted by Gasteiger charge is 2.15. The van der Waals surface area contributed by atoms with Crippen molar-refractivity contribution < 1.29 is 5.11 Å². The summed E-state index contributed by atoms with van der Waals surface area (Å²) in [5.74, 6) is 0.109. The third-order valence-electron chi connectivity index (χ3n) is 2.15. The smallest absolute Gasteiger partial charge is 0.0595 e. The van der Waals surface area contributed by atoms with Crippen LogP contribution in [0.25, 0.3) is 0 Å². The van der Waals surface area contributed by atoms with Crippen molar-refractivity contribution in [2.75, 3.05) is 0 Å². The zero-order chi connectivity index (χ0) is 9.84. The van der Waals surface area contributed by atoms with Crippen LogP contribution in [0.1, 0.15) is 31.9 Å². The van der Waals surface area contributed by atoms with E-state index in [0.29, 0.717) is 5.02 Å². The van der Waals surface area contributed by atoms with Crippen molar-refractivity contribution in [3.8, 4) is 0 Å². The number of hydrogen-bond donors (Lipinski definition) is 1. The lowest BCUT2D eigenvalue weighted by Gasteiger charge is -2.16. The maximum Gasteiger partial charge on any atom is 0.0595 e. The third kappa shape index (κ3) is 2.68. The van der Waals surface area contributed by atoms with Gasteiger partial charge in [-0.1, -0.05) is 18.5 Å². The molecule has 0 aliphatic heterocycles. The molecule has 0 aromatic carbocycles. The Morgan fingerprint density at radius 3 is 2.62 bits per heavy atom. The highest BCUT2D eigenvalue weighted by Crippen LogP contribution is 2.22. The van der Waals surface area contributed by atoms with E-state index in [9.17, 15) is 5.11 Å². The first-order valence-electron chi connectivity index (χ1n) is 4.44. The molecular weight excluding hydrogens is 186 g/mol. The number of aliphatic hydroxyl groups excluding tert-OH is 1. The summed E-state index contributed by atoms with van der Waals surface area (Å²) in [6, 6.07) is 3.66. The van der Waals surface area contributed by atoms with Gasteiger partial charge in [0.15, 0.2) is 0 Å². The van der Waals surface area contributed by atoms with Crippen LogP contribution in [0, 0.1) is 0 Å². The van der Waals surface area contributed by atoms with Gasteiger partial charge in [0.1, 0.15) is 0 Å². The molecule has 13 heavy (non-hydrogen) atoms. The van der Waals surface area contributed by atoms with E-state index in [1.54, 1.807) is 19.2 Å². The van der Waals surface area contributed by atoms with Gasteiger partial charge in [-0.05, 0) is 25.5 Å². The maximum absolute atomic E-state index is 9.46. The molecule has 2 nitrogen and oxygen atoms in total. The second-order valence-electron chi connectivity index (χ2n) is 3.16. The molecular formula is C10H14ClNO. The van der Waals surface area contributed by atoms with Gasteiger partial charge in [-0.3, -0.25) is 4.98 Å². The summed E-state index contributed by atoms with van der Waals surface area (Å²) in [6.07, 6.45) is 2.13. The van der Waals surface area contributed by atoms with Crippen molar-refractivity contribution in [2.45, 2.75) is 32.3 Å². The second kappa shape index (κ2) is 4.58. The van der Waals surface area contributed by atoms with Crippen molar-refractivity contribution >= 4 is 11.6 Å². The number of hydrogen-bond acceptors (Lipinski definition) is 2. The number of nitrogens with zero attached hydrogens (tertiary/aromatic N) is 1.